The van der Waals surface area contributed by atoms with Gasteiger partial charge in [0.1, 0.15) is 5.58 Å². The maximum Gasteiger partial charge on any atom is 0.306 e. The van der Waals surface area contributed by atoms with E-state index in [0.29, 0.717) is 0 Å². The van der Waals surface area contributed by atoms with E-state index in [9.17, 15) is 4.79 Å². The van der Waals surface area contributed by atoms with Gasteiger partial charge in [0, 0.05) is 17.5 Å². The minimum absolute atomic E-state index is 0.169. The number of piperidine rings is 1. The molecular weight excluding hydrogens is 242 g/mol. The van der Waals surface area contributed by atoms with Gasteiger partial charge in [-0.2, -0.15) is 0 Å². The summed E-state index contributed by atoms with van der Waals surface area (Å²) in [7, 11) is 0. The van der Waals surface area contributed by atoms with Crippen molar-refractivity contribution in [3.05, 3.63) is 36.1 Å². The highest BCUT2D eigenvalue weighted by Gasteiger charge is 2.24. The summed E-state index contributed by atoms with van der Waals surface area (Å²) in [6, 6.07) is 8.01. The van der Waals surface area contributed by atoms with Crippen molar-refractivity contribution in [2.24, 2.45) is 5.92 Å². The maximum absolute atomic E-state index is 10.9. The van der Waals surface area contributed by atoms with Crippen molar-refractivity contribution in [1.29, 1.82) is 0 Å². The van der Waals surface area contributed by atoms with Crippen LogP contribution in [0.4, 0.5) is 0 Å². The molecule has 4 heteroatoms. The SMILES string of the molecule is O=C(O)C1CCN(Cc2coc3ccccc23)CC1. The standard InChI is InChI=1S/C15H17NO3/c17-15(18)11-5-7-16(8-6-11)9-12-10-19-14-4-2-1-3-13(12)14/h1-4,10-11H,5-9H2,(H,17,18). The molecule has 1 aliphatic rings. The Kier molecular flexibility index (Phi) is 3.25. The van der Waals surface area contributed by atoms with E-state index >= 15 is 0 Å². The monoisotopic (exact) mass is 259 g/mol. The van der Waals surface area contributed by atoms with Crippen LogP contribution in [0.1, 0.15) is 18.4 Å². The zero-order valence-corrected chi connectivity index (χ0v) is 10.7. The topological polar surface area (TPSA) is 53.7 Å². The molecule has 1 aromatic heterocycles. The third kappa shape index (κ3) is 2.49. The van der Waals surface area contributed by atoms with E-state index in [-0.39, 0.29) is 5.92 Å². The molecule has 19 heavy (non-hydrogen) atoms. The molecule has 1 saturated heterocycles. The van der Waals surface area contributed by atoms with Crippen molar-refractivity contribution in [3.8, 4) is 0 Å². The number of benzene rings is 1. The minimum atomic E-state index is -0.659. The molecule has 1 aliphatic heterocycles. The van der Waals surface area contributed by atoms with Gasteiger partial charge in [-0.15, -0.1) is 0 Å². The zero-order chi connectivity index (χ0) is 13.2. The average Bonchev–Trinajstić information content (AvgIpc) is 2.83. The fourth-order valence-corrected chi connectivity index (χ4v) is 2.73. The normalized spacial score (nSPS) is 17.9. The van der Waals surface area contributed by atoms with Crippen molar-refractivity contribution in [2.45, 2.75) is 19.4 Å². The Labute approximate surface area is 111 Å². The molecule has 3 rings (SSSR count). The van der Waals surface area contributed by atoms with Crippen LogP contribution >= 0.6 is 0 Å². The van der Waals surface area contributed by atoms with Crippen molar-refractivity contribution in [2.75, 3.05) is 13.1 Å². The summed E-state index contributed by atoms with van der Waals surface area (Å²) in [5, 5.41) is 10.1. The first-order valence-electron chi connectivity index (χ1n) is 6.64. The van der Waals surface area contributed by atoms with Gasteiger partial charge in [0.25, 0.3) is 0 Å². The highest BCUT2D eigenvalue weighted by Crippen LogP contribution is 2.24. The summed E-state index contributed by atoms with van der Waals surface area (Å²) in [5.74, 6) is -0.828. The molecule has 0 atom stereocenters. The Morgan fingerprint density at radius 2 is 2.05 bits per heavy atom. The minimum Gasteiger partial charge on any atom is -0.481 e. The highest BCUT2D eigenvalue weighted by molar-refractivity contribution is 5.80. The quantitative estimate of drug-likeness (QED) is 0.920. The molecule has 0 amide bonds. The number of carboxylic acids is 1. The van der Waals surface area contributed by atoms with Gasteiger partial charge in [-0.25, -0.2) is 0 Å². The Bertz CT molecular complexity index is 582. The number of hydrogen-bond donors (Lipinski definition) is 1. The van der Waals surface area contributed by atoms with Crippen LogP contribution in [0.3, 0.4) is 0 Å². The molecule has 0 unspecified atom stereocenters. The van der Waals surface area contributed by atoms with Crippen LogP contribution in [0.15, 0.2) is 34.9 Å². The second kappa shape index (κ2) is 5.05. The number of para-hydroxylation sites is 1. The Morgan fingerprint density at radius 3 is 2.79 bits per heavy atom. The number of hydrogen-bond acceptors (Lipinski definition) is 3. The number of carbonyl (C=O) groups is 1. The third-order valence-corrected chi connectivity index (χ3v) is 3.89. The van der Waals surface area contributed by atoms with Crippen LogP contribution in [0.5, 0.6) is 0 Å². The smallest absolute Gasteiger partial charge is 0.306 e. The molecule has 2 aromatic rings. The molecule has 0 radical (unpaired) electrons. The number of aliphatic carboxylic acids is 1. The van der Waals surface area contributed by atoms with E-state index in [1.165, 1.54) is 5.56 Å². The first-order valence-corrected chi connectivity index (χ1v) is 6.64. The molecule has 0 saturated carbocycles. The second-order valence-electron chi connectivity index (χ2n) is 5.15. The summed E-state index contributed by atoms with van der Waals surface area (Å²) in [6.07, 6.45) is 3.30. The van der Waals surface area contributed by atoms with E-state index in [0.717, 1.165) is 43.4 Å². The van der Waals surface area contributed by atoms with Gasteiger partial charge >= 0.3 is 5.97 Å². The fraction of sp³-hybridized carbons (Fsp3) is 0.400. The van der Waals surface area contributed by atoms with Gasteiger partial charge in [-0.05, 0) is 32.0 Å². The molecular formula is C15H17NO3. The lowest BCUT2D eigenvalue weighted by atomic mass is 9.97. The first-order chi connectivity index (χ1) is 9.24. The molecule has 4 nitrogen and oxygen atoms in total. The van der Waals surface area contributed by atoms with Gasteiger partial charge in [0.05, 0.1) is 12.2 Å². The van der Waals surface area contributed by atoms with Gasteiger partial charge in [-0.3, -0.25) is 9.69 Å². The number of likely N-dealkylation sites (tertiary alicyclic amines) is 1. The first kappa shape index (κ1) is 12.2. The molecule has 1 fully saturated rings. The predicted molar refractivity (Wildman–Crippen MR) is 71.9 cm³/mol. The lowest BCUT2D eigenvalue weighted by molar-refractivity contribution is -0.143. The molecule has 100 valence electrons. The van der Waals surface area contributed by atoms with E-state index in [1.54, 1.807) is 0 Å². The molecule has 0 aliphatic carbocycles. The van der Waals surface area contributed by atoms with Gasteiger partial charge in [-0.1, -0.05) is 18.2 Å². The van der Waals surface area contributed by atoms with Crippen LogP contribution in [-0.4, -0.2) is 29.1 Å². The predicted octanol–water partition coefficient (Wildman–Crippen LogP) is 2.73. The Balaban J connectivity index is 1.68. The summed E-state index contributed by atoms with van der Waals surface area (Å²) < 4.78 is 5.53. The Morgan fingerprint density at radius 1 is 1.32 bits per heavy atom. The van der Waals surface area contributed by atoms with Crippen molar-refractivity contribution in [1.82, 2.24) is 4.90 Å². The molecule has 0 spiro atoms. The summed E-state index contributed by atoms with van der Waals surface area (Å²) in [5.41, 5.74) is 2.10. The maximum atomic E-state index is 10.9. The summed E-state index contributed by atoms with van der Waals surface area (Å²) in [6.45, 7) is 2.52. The van der Waals surface area contributed by atoms with Crippen LogP contribution in [0.2, 0.25) is 0 Å². The van der Waals surface area contributed by atoms with E-state index in [4.69, 9.17) is 9.52 Å². The number of nitrogens with zero attached hydrogens (tertiary/aromatic N) is 1. The third-order valence-electron chi connectivity index (χ3n) is 3.89. The number of furan rings is 1. The van der Waals surface area contributed by atoms with Crippen molar-refractivity contribution < 1.29 is 14.3 Å². The van der Waals surface area contributed by atoms with E-state index < -0.39 is 5.97 Å². The van der Waals surface area contributed by atoms with Crippen LogP contribution in [0.25, 0.3) is 11.0 Å². The Hall–Kier alpha value is -1.81. The van der Waals surface area contributed by atoms with Gasteiger partial charge < -0.3 is 9.52 Å². The second-order valence-corrected chi connectivity index (χ2v) is 5.15. The lowest BCUT2D eigenvalue weighted by Crippen LogP contribution is -2.35. The van der Waals surface area contributed by atoms with Crippen LogP contribution < -0.4 is 0 Å². The number of fused-ring (bicyclic) bond motifs is 1. The number of rotatable bonds is 3. The van der Waals surface area contributed by atoms with E-state index in [2.05, 4.69) is 11.0 Å². The number of carboxylic acid groups (broad SMARTS) is 1. The average molecular weight is 259 g/mol. The molecule has 0 bridgehead atoms. The zero-order valence-electron chi connectivity index (χ0n) is 10.7. The fourth-order valence-electron chi connectivity index (χ4n) is 2.73. The van der Waals surface area contributed by atoms with Crippen molar-refractivity contribution >= 4 is 16.9 Å². The molecule has 2 heterocycles. The lowest BCUT2D eigenvalue weighted by Gasteiger charge is -2.29. The molecule has 1 aromatic carbocycles. The van der Waals surface area contributed by atoms with Crippen LogP contribution in [-0.2, 0) is 11.3 Å². The van der Waals surface area contributed by atoms with Crippen LogP contribution in [0, 0.1) is 5.92 Å². The van der Waals surface area contributed by atoms with Gasteiger partial charge in [0.15, 0.2) is 0 Å². The summed E-state index contributed by atoms with van der Waals surface area (Å²) in [4.78, 5) is 13.2. The van der Waals surface area contributed by atoms with E-state index in [1.807, 2.05) is 24.5 Å². The van der Waals surface area contributed by atoms with Gasteiger partial charge in [0.2, 0.25) is 0 Å². The summed E-state index contributed by atoms with van der Waals surface area (Å²) >= 11 is 0. The largest absolute Gasteiger partial charge is 0.481 e. The van der Waals surface area contributed by atoms with Crippen molar-refractivity contribution in [3.63, 3.8) is 0 Å². The molecule has 1 N–H and O–H groups in total. The highest BCUT2D eigenvalue weighted by atomic mass is 16.4.